The van der Waals surface area contributed by atoms with E-state index in [9.17, 15) is 53.5 Å². The second-order valence-corrected chi connectivity index (χ2v) is 5.31. The minimum absolute atomic E-state index is 0.244. The topological polar surface area (TPSA) is 52.6 Å². The lowest BCUT2D eigenvalue weighted by atomic mass is 10.0. The van der Waals surface area contributed by atoms with E-state index >= 15 is 0 Å². The Morgan fingerprint density at radius 3 is 1.64 bits per heavy atom. The van der Waals surface area contributed by atoms with Gasteiger partial charge in [0.05, 0.1) is 5.57 Å². The van der Waals surface area contributed by atoms with E-state index in [2.05, 4.69) is 16.1 Å². The molecule has 0 aliphatic heterocycles. The van der Waals surface area contributed by atoms with Gasteiger partial charge in [0.1, 0.15) is 5.76 Å². The first-order valence-corrected chi connectivity index (χ1v) is 6.87. The largest absolute Gasteiger partial charge is 0.456 e. The molecule has 162 valence electrons. The third-order valence-electron chi connectivity index (χ3n) is 2.86. The van der Waals surface area contributed by atoms with Gasteiger partial charge in [-0.15, -0.1) is 0 Å². The Bertz CT molecular complexity index is 631. The van der Waals surface area contributed by atoms with Gasteiger partial charge in [-0.2, -0.15) is 35.1 Å². The normalized spacial score (nSPS) is 14.1. The van der Waals surface area contributed by atoms with Crippen LogP contribution in [0.3, 0.4) is 0 Å². The molecule has 0 aliphatic carbocycles. The molecule has 4 nitrogen and oxygen atoms in total. The zero-order valence-electron chi connectivity index (χ0n) is 14.0. The summed E-state index contributed by atoms with van der Waals surface area (Å²) < 4.78 is 134. The van der Waals surface area contributed by atoms with Crippen LogP contribution in [-0.4, -0.2) is 43.2 Å². The number of ether oxygens (including phenoxy) is 2. The number of allylic oxidation sites excluding steroid dienone is 1. The molecule has 0 fully saturated rings. The fourth-order valence-electron chi connectivity index (χ4n) is 1.46. The standard InChI is InChI=1S/C14H12F10O4/c1-5(2)9(25)28-7(8(13(19,20)21)14(22,23)24)6(3)10(26)27-4-12(17,18)11(15)16/h8,11H,1,4H2,2-3H3. The van der Waals surface area contributed by atoms with Crippen molar-refractivity contribution in [2.24, 2.45) is 5.92 Å². The van der Waals surface area contributed by atoms with E-state index in [4.69, 9.17) is 0 Å². The molecule has 0 bridgehead atoms. The van der Waals surface area contributed by atoms with Crippen LogP contribution in [0.4, 0.5) is 43.9 Å². The Labute approximate surface area is 150 Å². The molecule has 0 saturated carbocycles. The zero-order chi connectivity index (χ0) is 22.7. The molecule has 0 amide bonds. The van der Waals surface area contributed by atoms with Crippen LogP contribution < -0.4 is 0 Å². The molecule has 0 aromatic carbocycles. The van der Waals surface area contributed by atoms with Crippen molar-refractivity contribution in [2.75, 3.05) is 6.61 Å². The summed E-state index contributed by atoms with van der Waals surface area (Å²) in [6.07, 6.45) is -16.6. The second-order valence-electron chi connectivity index (χ2n) is 5.31. The van der Waals surface area contributed by atoms with Crippen LogP contribution in [0.2, 0.25) is 0 Å². The minimum Gasteiger partial charge on any atom is -0.456 e. The molecule has 0 unspecified atom stereocenters. The van der Waals surface area contributed by atoms with E-state index in [1.165, 1.54) is 0 Å². The Hall–Kier alpha value is -2.28. The monoisotopic (exact) mass is 434 g/mol. The predicted octanol–water partition coefficient (Wildman–Crippen LogP) is 4.56. The summed E-state index contributed by atoms with van der Waals surface area (Å²) in [4.78, 5) is 22.9. The highest BCUT2D eigenvalue weighted by Crippen LogP contribution is 2.45. The minimum atomic E-state index is -6.13. The van der Waals surface area contributed by atoms with Crippen LogP contribution >= 0.6 is 0 Å². The van der Waals surface area contributed by atoms with Crippen molar-refractivity contribution in [1.82, 2.24) is 0 Å². The maximum Gasteiger partial charge on any atom is 0.407 e. The number of esters is 2. The van der Waals surface area contributed by atoms with Gasteiger partial charge in [0.15, 0.2) is 6.61 Å². The Kier molecular flexibility index (Phi) is 8.10. The maximum absolute atomic E-state index is 12.9. The average molecular weight is 434 g/mol. The summed E-state index contributed by atoms with van der Waals surface area (Å²) in [5.41, 5.74) is -2.34. The zero-order valence-corrected chi connectivity index (χ0v) is 14.0. The number of carbonyl (C=O) groups excluding carboxylic acids is 2. The summed E-state index contributed by atoms with van der Waals surface area (Å²) in [5, 5.41) is 0. The molecule has 0 spiro atoms. The van der Waals surface area contributed by atoms with Crippen LogP contribution in [0.15, 0.2) is 23.5 Å². The third kappa shape index (κ3) is 7.03. The van der Waals surface area contributed by atoms with Gasteiger partial charge in [0.2, 0.25) is 5.92 Å². The lowest BCUT2D eigenvalue weighted by Gasteiger charge is -2.26. The van der Waals surface area contributed by atoms with Gasteiger partial charge >= 0.3 is 36.6 Å². The molecule has 0 aromatic heterocycles. The van der Waals surface area contributed by atoms with Crippen molar-refractivity contribution < 1.29 is 63.0 Å². The molecule has 14 heteroatoms. The second kappa shape index (κ2) is 8.82. The molecule has 0 radical (unpaired) electrons. The highest BCUT2D eigenvalue weighted by atomic mass is 19.4. The lowest BCUT2D eigenvalue weighted by molar-refractivity contribution is -0.279. The smallest absolute Gasteiger partial charge is 0.407 e. The molecule has 0 saturated heterocycles. The molecule has 0 aliphatic rings. The quantitative estimate of drug-likeness (QED) is 0.255. The fourth-order valence-corrected chi connectivity index (χ4v) is 1.46. The number of carbonyl (C=O) groups is 2. The summed E-state index contributed by atoms with van der Waals surface area (Å²) in [6.45, 7) is 1.68. The van der Waals surface area contributed by atoms with Gasteiger partial charge in [0.25, 0.3) is 0 Å². The summed E-state index contributed by atoms with van der Waals surface area (Å²) >= 11 is 0. The van der Waals surface area contributed by atoms with Crippen molar-refractivity contribution >= 4 is 11.9 Å². The first kappa shape index (κ1) is 25.7. The molecular weight excluding hydrogens is 422 g/mol. The number of alkyl halides is 10. The van der Waals surface area contributed by atoms with Crippen molar-refractivity contribution in [3.05, 3.63) is 23.5 Å². The Morgan fingerprint density at radius 2 is 1.32 bits per heavy atom. The highest BCUT2D eigenvalue weighted by molar-refractivity contribution is 5.91. The van der Waals surface area contributed by atoms with Crippen LogP contribution in [0.25, 0.3) is 0 Å². The lowest BCUT2D eigenvalue weighted by Crippen LogP contribution is -2.40. The van der Waals surface area contributed by atoms with Gasteiger partial charge in [-0.3, -0.25) is 0 Å². The first-order valence-electron chi connectivity index (χ1n) is 6.87. The van der Waals surface area contributed by atoms with Gasteiger partial charge in [-0.25, -0.2) is 18.4 Å². The molecule has 0 rings (SSSR count). The van der Waals surface area contributed by atoms with Gasteiger partial charge in [-0.05, 0) is 13.8 Å². The number of hydrogen-bond donors (Lipinski definition) is 0. The van der Waals surface area contributed by atoms with E-state index in [1.54, 1.807) is 0 Å². The molecule has 0 atom stereocenters. The molecule has 0 aromatic rings. The third-order valence-corrected chi connectivity index (χ3v) is 2.86. The van der Waals surface area contributed by atoms with Crippen LogP contribution in [0.5, 0.6) is 0 Å². The van der Waals surface area contributed by atoms with E-state index < -0.39 is 66.1 Å². The summed E-state index contributed by atoms with van der Waals surface area (Å²) in [5.74, 6) is -15.8. The van der Waals surface area contributed by atoms with Crippen molar-refractivity contribution in [2.45, 2.75) is 38.5 Å². The van der Waals surface area contributed by atoms with Crippen molar-refractivity contribution in [3.8, 4) is 0 Å². The first-order chi connectivity index (χ1) is 12.3. The van der Waals surface area contributed by atoms with Crippen LogP contribution in [-0.2, 0) is 19.1 Å². The van der Waals surface area contributed by atoms with Crippen molar-refractivity contribution in [3.63, 3.8) is 0 Å². The molecule has 0 N–H and O–H groups in total. The van der Waals surface area contributed by atoms with E-state index in [1.807, 2.05) is 0 Å². The fraction of sp³-hybridized carbons (Fsp3) is 0.571. The number of hydrogen-bond acceptors (Lipinski definition) is 4. The van der Waals surface area contributed by atoms with E-state index in [-0.39, 0.29) is 6.92 Å². The summed E-state index contributed by atoms with van der Waals surface area (Å²) in [6, 6.07) is 0. The SMILES string of the molecule is C=C(C)C(=O)OC(=C(C)C(=O)OCC(F)(F)C(F)F)C(C(F)(F)F)C(F)(F)F. The Balaban J connectivity index is 6.16. The van der Waals surface area contributed by atoms with E-state index in [0.717, 1.165) is 6.92 Å². The summed E-state index contributed by atoms with van der Waals surface area (Å²) in [7, 11) is 0. The van der Waals surface area contributed by atoms with Crippen LogP contribution in [0.1, 0.15) is 13.8 Å². The predicted molar refractivity (Wildman–Crippen MR) is 71.1 cm³/mol. The van der Waals surface area contributed by atoms with Gasteiger partial charge in [-0.1, -0.05) is 6.58 Å². The Morgan fingerprint density at radius 1 is 0.893 bits per heavy atom. The average Bonchev–Trinajstić information content (AvgIpc) is 2.48. The van der Waals surface area contributed by atoms with Gasteiger partial charge in [0, 0.05) is 5.57 Å². The maximum atomic E-state index is 12.9. The van der Waals surface area contributed by atoms with Crippen LogP contribution in [0, 0.1) is 5.92 Å². The molecule has 28 heavy (non-hydrogen) atoms. The van der Waals surface area contributed by atoms with Crippen molar-refractivity contribution in [1.29, 1.82) is 0 Å². The highest BCUT2D eigenvalue weighted by Gasteiger charge is 2.61. The van der Waals surface area contributed by atoms with E-state index in [0.29, 0.717) is 0 Å². The number of rotatable bonds is 7. The molecular formula is C14H12F10O4. The molecule has 0 heterocycles. The number of halogens is 10. The van der Waals surface area contributed by atoms with Gasteiger partial charge < -0.3 is 9.47 Å².